The van der Waals surface area contributed by atoms with E-state index in [4.69, 9.17) is 4.74 Å². The molecule has 1 saturated heterocycles. The molecule has 23 heavy (non-hydrogen) atoms. The Balaban J connectivity index is 2.04. The molecule has 1 aromatic rings. The fraction of sp³-hybridized carbons (Fsp3) is 0.500. The molecule has 1 aliphatic heterocycles. The number of nitrogens with zero attached hydrogens (tertiary/aromatic N) is 2. The van der Waals surface area contributed by atoms with Crippen LogP contribution < -0.4 is 10.2 Å². The number of ether oxygens (including phenoxy) is 1. The predicted molar refractivity (Wildman–Crippen MR) is 86.1 cm³/mol. The van der Waals surface area contributed by atoms with E-state index in [2.05, 4.69) is 5.32 Å². The summed E-state index contributed by atoms with van der Waals surface area (Å²) in [5.41, 5.74) is 0.242. The van der Waals surface area contributed by atoms with Crippen LogP contribution in [0, 0.1) is 5.82 Å². The quantitative estimate of drug-likeness (QED) is 0.868. The van der Waals surface area contributed by atoms with Crippen molar-refractivity contribution in [3.8, 4) is 0 Å². The Morgan fingerprint density at radius 1 is 1.26 bits per heavy atom. The number of hydrogen-bond acceptors (Lipinski definition) is 4. The van der Waals surface area contributed by atoms with Crippen LogP contribution in [0.3, 0.4) is 0 Å². The Kier molecular flexibility index (Phi) is 5.08. The van der Waals surface area contributed by atoms with Gasteiger partial charge in [0.15, 0.2) is 0 Å². The first kappa shape index (κ1) is 17.1. The van der Waals surface area contributed by atoms with Crippen LogP contribution in [0.4, 0.5) is 20.6 Å². The standard InChI is InChI=1S/C16H22FN3O3/c1-16(2,3)23-15(22)20-9-7-19(8-10-20)13-6-4-5-12(17)14(13)18-11-21/h4-6,11H,7-10H2,1-3H3,(H,18,21). The number of benzene rings is 1. The van der Waals surface area contributed by atoms with Gasteiger partial charge in [-0.05, 0) is 32.9 Å². The third-order valence-electron chi connectivity index (χ3n) is 3.47. The number of hydrogen-bond donors (Lipinski definition) is 1. The fourth-order valence-electron chi connectivity index (χ4n) is 2.43. The molecular formula is C16H22FN3O3. The highest BCUT2D eigenvalue weighted by Gasteiger charge is 2.27. The second-order valence-electron chi connectivity index (χ2n) is 6.35. The summed E-state index contributed by atoms with van der Waals surface area (Å²) in [7, 11) is 0. The molecule has 1 N–H and O–H groups in total. The monoisotopic (exact) mass is 323 g/mol. The highest BCUT2D eigenvalue weighted by molar-refractivity contribution is 5.82. The lowest BCUT2D eigenvalue weighted by Gasteiger charge is -2.37. The van der Waals surface area contributed by atoms with E-state index < -0.39 is 11.4 Å². The zero-order chi connectivity index (χ0) is 17.0. The van der Waals surface area contributed by atoms with E-state index in [1.807, 2.05) is 25.7 Å². The number of carbonyl (C=O) groups excluding carboxylic acids is 2. The van der Waals surface area contributed by atoms with Gasteiger partial charge in [0.2, 0.25) is 6.41 Å². The second kappa shape index (κ2) is 6.85. The van der Waals surface area contributed by atoms with Gasteiger partial charge in [0, 0.05) is 26.2 Å². The van der Waals surface area contributed by atoms with Crippen molar-refractivity contribution >= 4 is 23.9 Å². The molecule has 0 saturated carbocycles. The molecule has 0 aromatic heterocycles. The van der Waals surface area contributed by atoms with Crippen LogP contribution in [-0.2, 0) is 9.53 Å². The molecule has 0 unspecified atom stereocenters. The normalized spacial score (nSPS) is 15.3. The van der Waals surface area contributed by atoms with Gasteiger partial charge in [0.25, 0.3) is 0 Å². The van der Waals surface area contributed by atoms with Crippen LogP contribution in [0.25, 0.3) is 0 Å². The van der Waals surface area contributed by atoms with E-state index in [0.717, 1.165) is 0 Å². The van der Waals surface area contributed by atoms with E-state index in [0.29, 0.717) is 38.3 Å². The molecule has 0 bridgehead atoms. The zero-order valence-corrected chi connectivity index (χ0v) is 13.6. The van der Waals surface area contributed by atoms with Gasteiger partial charge in [-0.25, -0.2) is 9.18 Å². The summed E-state index contributed by atoms with van der Waals surface area (Å²) in [6.07, 6.45) is 0.112. The van der Waals surface area contributed by atoms with Crippen molar-refractivity contribution in [2.75, 3.05) is 36.4 Å². The van der Waals surface area contributed by atoms with Gasteiger partial charge in [-0.2, -0.15) is 0 Å². The Labute approximate surface area is 135 Å². The molecule has 7 heteroatoms. The summed E-state index contributed by atoms with van der Waals surface area (Å²) in [5, 5.41) is 2.40. The fourth-order valence-corrected chi connectivity index (χ4v) is 2.43. The summed E-state index contributed by atoms with van der Waals surface area (Å²) in [4.78, 5) is 26.3. The molecule has 1 aliphatic rings. The van der Waals surface area contributed by atoms with Crippen LogP contribution in [0.5, 0.6) is 0 Å². The number of carbonyl (C=O) groups is 2. The molecule has 0 spiro atoms. The van der Waals surface area contributed by atoms with Gasteiger partial charge in [0.1, 0.15) is 17.1 Å². The highest BCUT2D eigenvalue weighted by Crippen LogP contribution is 2.29. The summed E-state index contributed by atoms with van der Waals surface area (Å²) in [6.45, 7) is 7.51. The number of nitrogens with one attached hydrogen (secondary N) is 1. The van der Waals surface area contributed by atoms with Crippen molar-refractivity contribution in [2.24, 2.45) is 0 Å². The third kappa shape index (κ3) is 4.34. The summed E-state index contributed by atoms with van der Waals surface area (Å²) in [5.74, 6) is -0.482. The van der Waals surface area contributed by atoms with Crippen molar-refractivity contribution in [1.29, 1.82) is 0 Å². The minimum Gasteiger partial charge on any atom is -0.444 e. The maximum absolute atomic E-state index is 13.9. The predicted octanol–water partition coefficient (Wildman–Crippen LogP) is 2.45. The van der Waals surface area contributed by atoms with E-state index in [9.17, 15) is 14.0 Å². The summed E-state index contributed by atoms with van der Waals surface area (Å²) >= 11 is 0. The zero-order valence-electron chi connectivity index (χ0n) is 13.6. The van der Waals surface area contributed by atoms with Crippen LogP contribution in [-0.4, -0.2) is 49.2 Å². The first-order valence-electron chi connectivity index (χ1n) is 7.53. The van der Waals surface area contributed by atoms with Gasteiger partial charge in [-0.1, -0.05) is 6.07 Å². The molecule has 1 aromatic carbocycles. The van der Waals surface area contributed by atoms with Gasteiger partial charge in [-0.15, -0.1) is 0 Å². The maximum atomic E-state index is 13.9. The number of para-hydroxylation sites is 1. The molecule has 2 amide bonds. The van der Waals surface area contributed by atoms with Crippen molar-refractivity contribution in [2.45, 2.75) is 26.4 Å². The topological polar surface area (TPSA) is 61.9 Å². The van der Waals surface area contributed by atoms with E-state index in [-0.39, 0.29) is 11.8 Å². The van der Waals surface area contributed by atoms with Crippen molar-refractivity contribution < 1.29 is 18.7 Å². The molecule has 1 heterocycles. The van der Waals surface area contributed by atoms with Crippen molar-refractivity contribution in [1.82, 2.24) is 4.90 Å². The van der Waals surface area contributed by atoms with Crippen LogP contribution in [0.1, 0.15) is 20.8 Å². The smallest absolute Gasteiger partial charge is 0.410 e. The van der Waals surface area contributed by atoms with Gasteiger partial charge >= 0.3 is 6.09 Å². The van der Waals surface area contributed by atoms with Crippen LogP contribution in [0.15, 0.2) is 18.2 Å². The lowest BCUT2D eigenvalue weighted by atomic mass is 10.2. The van der Waals surface area contributed by atoms with E-state index >= 15 is 0 Å². The third-order valence-corrected chi connectivity index (χ3v) is 3.47. The molecular weight excluding hydrogens is 301 g/mol. The van der Waals surface area contributed by atoms with E-state index in [1.165, 1.54) is 6.07 Å². The molecule has 2 rings (SSSR count). The average molecular weight is 323 g/mol. The summed E-state index contributed by atoms with van der Waals surface area (Å²) in [6, 6.07) is 4.64. The minimum absolute atomic E-state index is 0.160. The highest BCUT2D eigenvalue weighted by atomic mass is 19.1. The number of anilines is 2. The van der Waals surface area contributed by atoms with Gasteiger partial charge in [-0.3, -0.25) is 4.79 Å². The van der Waals surface area contributed by atoms with Gasteiger partial charge < -0.3 is 19.9 Å². The number of piperazine rings is 1. The molecule has 0 atom stereocenters. The van der Waals surface area contributed by atoms with Crippen LogP contribution >= 0.6 is 0 Å². The SMILES string of the molecule is CC(C)(C)OC(=O)N1CCN(c2cccc(F)c2NC=O)CC1. The number of halogens is 1. The van der Waals surface area contributed by atoms with Gasteiger partial charge in [0.05, 0.1) is 5.69 Å². The van der Waals surface area contributed by atoms with Crippen LogP contribution in [0.2, 0.25) is 0 Å². The average Bonchev–Trinajstić information content (AvgIpc) is 2.48. The molecule has 1 fully saturated rings. The largest absolute Gasteiger partial charge is 0.444 e. The Hall–Kier alpha value is -2.31. The molecule has 0 radical (unpaired) electrons. The van der Waals surface area contributed by atoms with Crippen molar-refractivity contribution in [3.05, 3.63) is 24.0 Å². The lowest BCUT2D eigenvalue weighted by Crippen LogP contribution is -2.50. The number of amides is 2. The Morgan fingerprint density at radius 2 is 1.91 bits per heavy atom. The minimum atomic E-state index is -0.530. The van der Waals surface area contributed by atoms with Crippen molar-refractivity contribution in [3.63, 3.8) is 0 Å². The Bertz CT molecular complexity index is 578. The molecule has 126 valence electrons. The second-order valence-corrected chi connectivity index (χ2v) is 6.35. The van der Waals surface area contributed by atoms with E-state index in [1.54, 1.807) is 17.0 Å². The lowest BCUT2D eigenvalue weighted by molar-refractivity contribution is -0.105. The Morgan fingerprint density at radius 3 is 2.48 bits per heavy atom. The molecule has 6 nitrogen and oxygen atoms in total. The number of rotatable bonds is 3. The first-order valence-corrected chi connectivity index (χ1v) is 7.53. The first-order chi connectivity index (χ1) is 10.8. The molecule has 0 aliphatic carbocycles. The maximum Gasteiger partial charge on any atom is 0.410 e. The summed E-state index contributed by atoms with van der Waals surface area (Å²) < 4.78 is 19.2.